The third-order valence-electron chi connectivity index (χ3n) is 3.96. The molecule has 0 aliphatic carbocycles. The predicted molar refractivity (Wildman–Crippen MR) is 127 cm³/mol. The Hall–Kier alpha value is -1.68. The van der Waals surface area contributed by atoms with Gasteiger partial charge in [-0.15, -0.1) is 24.0 Å². The fraction of sp³-hybridized carbons (Fsp3) is 0.400. The summed E-state index contributed by atoms with van der Waals surface area (Å²) in [5, 5.41) is 6.47. The molecule has 8 heteroatoms. The number of hydrogen-bond donors (Lipinski definition) is 2. The molecule has 0 fully saturated rings. The maximum atomic E-state index is 11.3. The molecular weight excluding hydrogens is 487 g/mol. The van der Waals surface area contributed by atoms with E-state index < -0.39 is 9.84 Å². The van der Waals surface area contributed by atoms with Crippen LogP contribution >= 0.6 is 24.0 Å². The maximum absolute atomic E-state index is 11.3. The molecule has 1 atom stereocenters. The van der Waals surface area contributed by atoms with Crippen molar-refractivity contribution in [1.82, 2.24) is 15.6 Å². The molecule has 28 heavy (non-hydrogen) atoms. The van der Waals surface area contributed by atoms with Crippen molar-refractivity contribution >= 4 is 39.8 Å². The van der Waals surface area contributed by atoms with E-state index in [1.54, 1.807) is 6.20 Å². The van der Waals surface area contributed by atoms with Crippen LogP contribution in [0.2, 0.25) is 0 Å². The summed E-state index contributed by atoms with van der Waals surface area (Å²) < 4.78 is 22.7. The summed E-state index contributed by atoms with van der Waals surface area (Å²) in [6.45, 7) is 5.22. The molecule has 0 saturated carbocycles. The molecule has 0 bridgehead atoms. The number of nitrogens with zero attached hydrogens (tertiary/aromatic N) is 2. The fourth-order valence-corrected chi connectivity index (χ4v) is 3.33. The van der Waals surface area contributed by atoms with Crippen LogP contribution in [-0.4, -0.2) is 44.0 Å². The smallest absolute Gasteiger partial charge is 0.191 e. The van der Waals surface area contributed by atoms with E-state index in [2.05, 4.69) is 26.7 Å². The van der Waals surface area contributed by atoms with Gasteiger partial charge in [0.1, 0.15) is 9.84 Å². The van der Waals surface area contributed by atoms with Crippen molar-refractivity contribution in [2.45, 2.75) is 32.9 Å². The normalized spacial score (nSPS) is 12.8. The van der Waals surface area contributed by atoms with E-state index in [4.69, 9.17) is 0 Å². The largest absolute Gasteiger partial charge is 0.357 e. The fourth-order valence-electron chi connectivity index (χ4n) is 2.55. The highest BCUT2D eigenvalue weighted by Gasteiger charge is 2.09. The number of pyridine rings is 1. The summed E-state index contributed by atoms with van der Waals surface area (Å²) in [7, 11) is -2.96. The molecule has 2 aromatic rings. The van der Waals surface area contributed by atoms with Gasteiger partial charge in [0.2, 0.25) is 0 Å². The van der Waals surface area contributed by atoms with Crippen LogP contribution in [0, 0.1) is 0 Å². The molecule has 0 saturated heterocycles. The zero-order chi connectivity index (χ0) is 19.7. The molecule has 0 aliphatic rings. The van der Waals surface area contributed by atoms with E-state index in [1.807, 2.05) is 50.2 Å². The molecule has 0 amide bonds. The zero-order valence-electron chi connectivity index (χ0n) is 16.6. The lowest BCUT2D eigenvalue weighted by Gasteiger charge is -2.17. The Bertz CT molecular complexity index is 858. The lowest BCUT2D eigenvalue weighted by molar-refractivity contribution is 0.581. The molecule has 1 aromatic carbocycles. The van der Waals surface area contributed by atoms with Gasteiger partial charge in [-0.2, -0.15) is 0 Å². The Morgan fingerprint density at radius 2 is 2.00 bits per heavy atom. The molecule has 0 spiro atoms. The van der Waals surface area contributed by atoms with Gasteiger partial charge in [0.05, 0.1) is 18.0 Å². The minimum Gasteiger partial charge on any atom is -0.357 e. The van der Waals surface area contributed by atoms with Crippen molar-refractivity contribution in [2.75, 3.05) is 18.6 Å². The van der Waals surface area contributed by atoms with Gasteiger partial charge in [0.25, 0.3) is 0 Å². The Balaban J connectivity index is 0.00000392. The summed E-state index contributed by atoms with van der Waals surface area (Å²) in [5.74, 6) is 0.842. The molecule has 0 radical (unpaired) electrons. The monoisotopic (exact) mass is 516 g/mol. The highest BCUT2D eigenvalue weighted by Crippen LogP contribution is 2.18. The Kier molecular flexibility index (Phi) is 10.4. The first-order valence-electron chi connectivity index (χ1n) is 9.10. The SMILES string of the molecule is CCNC(=NCc1cccc(-c2ccccn2)c1)NC(C)CCS(C)(=O)=O.I. The van der Waals surface area contributed by atoms with Crippen LogP contribution in [0.4, 0.5) is 0 Å². The summed E-state index contributed by atoms with van der Waals surface area (Å²) in [6, 6.07) is 14.0. The minimum absolute atomic E-state index is 0. The zero-order valence-corrected chi connectivity index (χ0v) is 19.7. The van der Waals surface area contributed by atoms with Gasteiger partial charge < -0.3 is 10.6 Å². The Morgan fingerprint density at radius 3 is 2.64 bits per heavy atom. The molecule has 1 heterocycles. The lowest BCUT2D eigenvalue weighted by atomic mass is 10.1. The van der Waals surface area contributed by atoms with Crippen LogP contribution in [0.5, 0.6) is 0 Å². The molecular formula is C20H29IN4O2S. The number of hydrogen-bond acceptors (Lipinski definition) is 4. The van der Waals surface area contributed by atoms with Crippen molar-refractivity contribution < 1.29 is 8.42 Å². The topological polar surface area (TPSA) is 83.4 Å². The summed E-state index contributed by atoms with van der Waals surface area (Å²) >= 11 is 0. The van der Waals surface area contributed by atoms with Crippen LogP contribution in [0.25, 0.3) is 11.3 Å². The second-order valence-corrected chi connectivity index (χ2v) is 8.83. The standard InChI is InChI=1S/C20H28N4O2S.HI/c1-4-21-20(24-16(2)11-13-27(3,25)26)23-15-17-8-7-9-18(14-17)19-10-5-6-12-22-19;/h5-10,12,14,16H,4,11,13,15H2,1-3H3,(H2,21,23,24);1H. The second-order valence-electron chi connectivity index (χ2n) is 6.57. The highest BCUT2D eigenvalue weighted by molar-refractivity contribution is 14.0. The van der Waals surface area contributed by atoms with Crippen LogP contribution in [0.15, 0.2) is 53.7 Å². The number of benzene rings is 1. The van der Waals surface area contributed by atoms with E-state index in [1.165, 1.54) is 6.26 Å². The number of halogens is 1. The molecule has 6 nitrogen and oxygen atoms in total. The third-order valence-corrected chi connectivity index (χ3v) is 4.93. The maximum Gasteiger partial charge on any atom is 0.191 e. The number of aliphatic imine (C=N–C) groups is 1. The average Bonchev–Trinajstić information content (AvgIpc) is 2.65. The van der Waals surface area contributed by atoms with Crippen molar-refractivity contribution in [3.05, 3.63) is 54.2 Å². The molecule has 154 valence electrons. The number of nitrogens with one attached hydrogen (secondary N) is 2. The predicted octanol–water partition coefficient (Wildman–Crippen LogP) is 3.24. The van der Waals surface area contributed by atoms with Gasteiger partial charge in [0.15, 0.2) is 5.96 Å². The summed E-state index contributed by atoms with van der Waals surface area (Å²) in [6.07, 6.45) is 3.58. The third kappa shape index (κ3) is 9.01. The minimum atomic E-state index is -2.96. The first-order valence-corrected chi connectivity index (χ1v) is 11.2. The van der Waals surface area contributed by atoms with Crippen molar-refractivity contribution in [3.8, 4) is 11.3 Å². The summed E-state index contributed by atoms with van der Waals surface area (Å²) in [4.78, 5) is 9.01. The van der Waals surface area contributed by atoms with Crippen molar-refractivity contribution in [1.29, 1.82) is 0 Å². The number of sulfone groups is 1. The Morgan fingerprint density at radius 1 is 1.21 bits per heavy atom. The van der Waals surface area contributed by atoms with E-state index in [0.717, 1.165) is 23.4 Å². The quantitative estimate of drug-likeness (QED) is 0.320. The van der Waals surface area contributed by atoms with E-state index in [-0.39, 0.29) is 35.8 Å². The van der Waals surface area contributed by atoms with E-state index in [9.17, 15) is 8.42 Å². The molecule has 2 N–H and O–H groups in total. The van der Waals surface area contributed by atoms with Gasteiger partial charge in [-0.25, -0.2) is 13.4 Å². The van der Waals surface area contributed by atoms with E-state index in [0.29, 0.717) is 18.9 Å². The number of aromatic nitrogens is 1. The average molecular weight is 516 g/mol. The molecule has 2 rings (SSSR count). The van der Waals surface area contributed by atoms with Crippen LogP contribution < -0.4 is 10.6 Å². The van der Waals surface area contributed by atoms with Crippen molar-refractivity contribution in [3.63, 3.8) is 0 Å². The van der Waals surface area contributed by atoms with Gasteiger partial charge in [-0.05, 0) is 44.0 Å². The highest BCUT2D eigenvalue weighted by atomic mass is 127. The number of rotatable bonds is 8. The van der Waals surface area contributed by atoms with Crippen LogP contribution in [0.1, 0.15) is 25.8 Å². The van der Waals surface area contributed by atoms with Gasteiger partial charge in [-0.1, -0.05) is 24.3 Å². The molecule has 0 aliphatic heterocycles. The van der Waals surface area contributed by atoms with Gasteiger partial charge in [0, 0.05) is 30.6 Å². The first-order chi connectivity index (χ1) is 12.9. The van der Waals surface area contributed by atoms with Gasteiger partial charge in [-0.3, -0.25) is 4.98 Å². The first kappa shape index (κ1) is 24.4. The molecule has 1 unspecified atom stereocenters. The van der Waals surface area contributed by atoms with Crippen LogP contribution in [-0.2, 0) is 16.4 Å². The van der Waals surface area contributed by atoms with Crippen LogP contribution in [0.3, 0.4) is 0 Å². The van der Waals surface area contributed by atoms with E-state index >= 15 is 0 Å². The second kappa shape index (κ2) is 12.0. The number of guanidine groups is 1. The summed E-state index contributed by atoms with van der Waals surface area (Å²) in [5.41, 5.74) is 3.07. The van der Waals surface area contributed by atoms with Crippen molar-refractivity contribution in [2.24, 2.45) is 4.99 Å². The molecule has 1 aromatic heterocycles. The van der Waals surface area contributed by atoms with Gasteiger partial charge >= 0.3 is 0 Å². The Labute approximate surface area is 185 Å². The lowest BCUT2D eigenvalue weighted by Crippen LogP contribution is -2.42.